The van der Waals surface area contributed by atoms with Crippen LogP contribution in [0.25, 0.3) is 10.8 Å². The predicted octanol–water partition coefficient (Wildman–Crippen LogP) is 10.5. The smallest absolute Gasteiger partial charge is 0.270 e. The van der Waals surface area contributed by atoms with Crippen molar-refractivity contribution in [2.75, 3.05) is 18.5 Å². The van der Waals surface area contributed by atoms with Gasteiger partial charge < -0.3 is 4.90 Å². The molecule has 0 aromatic heterocycles. The summed E-state index contributed by atoms with van der Waals surface area (Å²) in [6.45, 7) is 10.2. The van der Waals surface area contributed by atoms with Gasteiger partial charge in [0.15, 0.2) is 5.71 Å². The molecule has 2 unspecified atom stereocenters. The molecule has 2 aliphatic rings. The summed E-state index contributed by atoms with van der Waals surface area (Å²) in [6.07, 6.45) is 9.50. The minimum Gasteiger partial charge on any atom is -0.344 e. The Morgan fingerprint density at radius 2 is 1.46 bits per heavy atom. The van der Waals surface area contributed by atoms with E-state index in [1.54, 1.807) is 12.1 Å². The van der Waals surface area contributed by atoms with E-state index in [0.29, 0.717) is 5.92 Å². The van der Waals surface area contributed by atoms with Crippen LogP contribution >= 0.6 is 0 Å². The van der Waals surface area contributed by atoms with Gasteiger partial charge in [-0.2, -0.15) is 4.58 Å². The molecule has 0 aliphatic carbocycles. The summed E-state index contributed by atoms with van der Waals surface area (Å²) in [5.41, 5.74) is 8.98. The Kier molecular flexibility index (Phi) is 8.77. The minimum atomic E-state index is -0.466. The van der Waals surface area contributed by atoms with Gasteiger partial charge >= 0.3 is 0 Å². The van der Waals surface area contributed by atoms with Gasteiger partial charge in [-0.25, -0.2) is 0 Å². The van der Waals surface area contributed by atoms with Crippen molar-refractivity contribution < 1.29 is 9.50 Å². The molecule has 7 rings (SSSR count). The van der Waals surface area contributed by atoms with Crippen LogP contribution in [0.1, 0.15) is 56.4 Å². The standard InChI is InChI=1S/C45H46N3O2/c1-32(2)27-28-47-40-25-23-35-19-12-13-20-37(35)43(40)45(4,31-34-17-10-7-11-18-34)42(47)22-14-21-41-44(3,30-33-15-8-6-9-16-33)38-29-36(48(49)50)24-26-39(38)46(41)5/h6-26,29,32H,27-28,30-31H2,1-5H3/q+1. The van der Waals surface area contributed by atoms with Crippen LogP contribution in [0.2, 0.25) is 0 Å². The van der Waals surface area contributed by atoms with Crippen LogP contribution in [0.3, 0.4) is 0 Å². The second-order valence-electron chi connectivity index (χ2n) is 14.8. The zero-order valence-electron chi connectivity index (χ0n) is 29.8. The first-order valence-electron chi connectivity index (χ1n) is 17.8. The molecular formula is C45H46N3O2+. The number of hydrogen-bond acceptors (Lipinski definition) is 3. The van der Waals surface area contributed by atoms with Crippen LogP contribution in [-0.2, 0) is 23.7 Å². The van der Waals surface area contributed by atoms with E-state index in [0.717, 1.165) is 42.8 Å². The molecule has 5 nitrogen and oxygen atoms in total. The molecule has 252 valence electrons. The summed E-state index contributed by atoms with van der Waals surface area (Å²) in [6, 6.07) is 40.0. The summed E-state index contributed by atoms with van der Waals surface area (Å²) < 4.78 is 2.22. The first-order chi connectivity index (χ1) is 24.1. The van der Waals surface area contributed by atoms with Crippen molar-refractivity contribution in [1.82, 2.24) is 0 Å². The molecule has 5 aromatic rings. The van der Waals surface area contributed by atoms with Crippen molar-refractivity contribution >= 4 is 33.5 Å². The Labute approximate surface area is 296 Å². The molecule has 0 N–H and O–H groups in total. The first kappa shape index (κ1) is 33.2. The van der Waals surface area contributed by atoms with Crippen LogP contribution in [0.5, 0.6) is 0 Å². The summed E-state index contributed by atoms with van der Waals surface area (Å²) in [5.74, 6) is 0.570. The number of hydrogen-bond donors (Lipinski definition) is 0. The highest BCUT2D eigenvalue weighted by Gasteiger charge is 2.48. The van der Waals surface area contributed by atoms with Gasteiger partial charge in [-0.3, -0.25) is 10.1 Å². The quantitative estimate of drug-likeness (QED) is 0.0851. The monoisotopic (exact) mass is 660 g/mol. The van der Waals surface area contributed by atoms with Crippen LogP contribution in [0.15, 0.2) is 139 Å². The number of nitro groups is 1. The number of anilines is 1. The SMILES string of the molecule is CC(C)CCN1C(=CC=CC2=[N+](C)c3ccc([N+](=O)[O-])cc3C2(C)Cc2ccccc2)C(C)(Cc2ccccc2)c2c1ccc1ccccc21. The number of non-ortho nitro benzene ring substituents is 1. The van der Waals surface area contributed by atoms with E-state index >= 15 is 0 Å². The van der Waals surface area contributed by atoms with Gasteiger partial charge in [0.25, 0.3) is 5.69 Å². The highest BCUT2D eigenvalue weighted by Crippen LogP contribution is 2.53. The van der Waals surface area contributed by atoms with Crippen LogP contribution < -0.4 is 4.90 Å². The van der Waals surface area contributed by atoms with E-state index in [9.17, 15) is 10.1 Å². The third-order valence-corrected chi connectivity index (χ3v) is 10.9. The number of fused-ring (bicyclic) bond motifs is 4. The fourth-order valence-electron chi connectivity index (χ4n) is 8.43. The van der Waals surface area contributed by atoms with Gasteiger partial charge in [0, 0.05) is 53.2 Å². The van der Waals surface area contributed by atoms with Gasteiger partial charge in [-0.05, 0) is 78.6 Å². The molecule has 0 spiro atoms. The van der Waals surface area contributed by atoms with E-state index in [1.165, 1.54) is 38.8 Å². The van der Waals surface area contributed by atoms with Crippen LogP contribution in [0.4, 0.5) is 17.1 Å². The third kappa shape index (κ3) is 5.85. The predicted molar refractivity (Wildman–Crippen MR) is 207 cm³/mol. The maximum absolute atomic E-state index is 11.9. The Morgan fingerprint density at radius 1 is 0.820 bits per heavy atom. The van der Waals surface area contributed by atoms with Crippen molar-refractivity contribution in [3.05, 3.63) is 172 Å². The Morgan fingerprint density at radius 3 is 2.12 bits per heavy atom. The van der Waals surface area contributed by atoms with Gasteiger partial charge in [0.2, 0.25) is 5.69 Å². The molecule has 5 aromatic carbocycles. The fourth-order valence-corrected chi connectivity index (χ4v) is 8.43. The molecule has 0 saturated carbocycles. The normalized spacial score (nSPS) is 20.8. The van der Waals surface area contributed by atoms with E-state index in [1.807, 2.05) is 12.1 Å². The minimum absolute atomic E-state index is 0.122. The van der Waals surface area contributed by atoms with E-state index in [2.05, 4.69) is 153 Å². The van der Waals surface area contributed by atoms with Crippen molar-refractivity contribution in [3.63, 3.8) is 0 Å². The molecule has 2 atom stereocenters. The number of allylic oxidation sites excluding steroid dienone is 4. The molecule has 0 radical (unpaired) electrons. The highest BCUT2D eigenvalue weighted by molar-refractivity contribution is 6.04. The lowest BCUT2D eigenvalue weighted by Gasteiger charge is -2.31. The lowest BCUT2D eigenvalue weighted by atomic mass is 9.74. The Bertz CT molecular complexity index is 2170. The largest absolute Gasteiger partial charge is 0.344 e. The third-order valence-electron chi connectivity index (χ3n) is 10.9. The van der Waals surface area contributed by atoms with E-state index in [4.69, 9.17) is 0 Å². The molecule has 5 heteroatoms. The van der Waals surface area contributed by atoms with Crippen molar-refractivity contribution in [1.29, 1.82) is 0 Å². The second kappa shape index (κ2) is 13.2. The molecule has 0 bridgehead atoms. The Hall–Kier alpha value is -5.29. The molecule has 2 aliphatic heterocycles. The molecular weight excluding hydrogens is 615 g/mol. The van der Waals surface area contributed by atoms with Crippen LogP contribution in [0, 0.1) is 16.0 Å². The molecule has 50 heavy (non-hydrogen) atoms. The van der Waals surface area contributed by atoms with Gasteiger partial charge in [0.05, 0.1) is 10.3 Å². The lowest BCUT2D eigenvalue weighted by Crippen LogP contribution is -2.33. The van der Waals surface area contributed by atoms with Crippen LogP contribution in [-0.4, -0.2) is 28.8 Å². The average molecular weight is 661 g/mol. The second-order valence-corrected chi connectivity index (χ2v) is 14.8. The highest BCUT2D eigenvalue weighted by atomic mass is 16.6. The van der Waals surface area contributed by atoms with E-state index in [-0.39, 0.29) is 16.0 Å². The summed E-state index contributed by atoms with van der Waals surface area (Å²) in [5, 5.41) is 14.5. The van der Waals surface area contributed by atoms with Gasteiger partial charge in [-0.15, -0.1) is 0 Å². The maximum Gasteiger partial charge on any atom is 0.270 e. The first-order valence-corrected chi connectivity index (χ1v) is 17.8. The Balaban J connectivity index is 1.38. The maximum atomic E-state index is 11.9. The number of nitro benzene ring substituents is 1. The summed E-state index contributed by atoms with van der Waals surface area (Å²) in [7, 11) is 2.08. The molecule has 0 amide bonds. The van der Waals surface area contributed by atoms with Crippen molar-refractivity contribution in [3.8, 4) is 0 Å². The topological polar surface area (TPSA) is 49.4 Å². The van der Waals surface area contributed by atoms with Crippen molar-refractivity contribution in [2.45, 2.75) is 57.8 Å². The van der Waals surface area contributed by atoms with Gasteiger partial charge in [0.1, 0.15) is 7.05 Å². The van der Waals surface area contributed by atoms with E-state index < -0.39 is 5.41 Å². The summed E-state index contributed by atoms with van der Waals surface area (Å²) in [4.78, 5) is 14.2. The lowest BCUT2D eigenvalue weighted by molar-refractivity contribution is -0.402. The zero-order valence-corrected chi connectivity index (χ0v) is 29.8. The molecule has 0 fully saturated rings. The fraction of sp³-hybridized carbons (Fsp3) is 0.267. The summed E-state index contributed by atoms with van der Waals surface area (Å²) >= 11 is 0. The zero-order chi connectivity index (χ0) is 35.0. The average Bonchev–Trinajstić information content (AvgIpc) is 3.47. The number of rotatable bonds is 10. The van der Waals surface area contributed by atoms with Gasteiger partial charge in [-0.1, -0.05) is 111 Å². The number of benzene rings is 5. The molecule has 0 saturated heterocycles. The molecule has 2 heterocycles. The number of nitrogens with zero attached hydrogens (tertiary/aromatic N) is 3. The van der Waals surface area contributed by atoms with Crippen molar-refractivity contribution in [2.24, 2.45) is 5.92 Å².